The number of carbonyl (C=O) groups excluding carboxylic acids is 2. The maximum atomic E-state index is 12.5. The number of hydrogen-bond acceptors (Lipinski definition) is 4. The smallest absolute Gasteiger partial charge is 0.253 e. The van der Waals surface area contributed by atoms with Crippen LogP contribution in [0.1, 0.15) is 49.4 Å². The predicted octanol–water partition coefficient (Wildman–Crippen LogP) is 3.85. The number of nitrogens with zero attached hydrogens (tertiary/aromatic N) is 1. The molecule has 2 aromatic rings. The number of pyridine rings is 1. The van der Waals surface area contributed by atoms with Crippen molar-refractivity contribution >= 4 is 28.9 Å². The molecule has 6 nitrogen and oxygen atoms in total. The van der Waals surface area contributed by atoms with Crippen molar-refractivity contribution in [3.63, 3.8) is 0 Å². The highest BCUT2D eigenvalue weighted by molar-refractivity contribution is 5.95. The molecular formula is C20H24N4O2. The van der Waals surface area contributed by atoms with Crippen LogP contribution in [0.3, 0.4) is 0 Å². The van der Waals surface area contributed by atoms with Gasteiger partial charge in [-0.25, -0.2) is 0 Å². The average molecular weight is 352 g/mol. The summed E-state index contributed by atoms with van der Waals surface area (Å²) in [6.07, 6.45) is 8.95. The van der Waals surface area contributed by atoms with E-state index in [0.29, 0.717) is 11.3 Å². The molecule has 0 aliphatic heterocycles. The number of rotatable bonds is 5. The van der Waals surface area contributed by atoms with Crippen LogP contribution in [0, 0.1) is 0 Å². The van der Waals surface area contributed by atoms with Crippen molar-refractivity contribution in [3.05, 3.63) is 48.3 Å². The zero-order valence-electron chi connectivity index (χ0n) is 14.9. The number of benzene rings is 1. The van der Waals surface area contributed by atoms with Crippen LogP contribution in [0.4, 0.5) is 17.1 Å². The molecule has 0 atom stereocenters. The van der Waals surface area contributed by atoms with E-state index in [2.05, 4.69) is 20.9 Å². The molecule has 1 heterocycles. The third-order valence-corrected chi connectivity index (χ3v) is 4.41. The van der Waals surface area contributed by atoms with Crippen LogP contribution in [-0.2, 0) is 4.79 Å². The van der Waals surface area contributed by atoms with E-state index >= 15 is 0 Å². The molecule has 26 heavy (non-hydrogen) atoms. The predicted molar refractivity (Wildman–Crippen MR) is 103 cm³/mol. The van der Waals surface area contributed by atoms with E-state index in [9.17, 15) is 9.59 Å². The minimum absolute atomic E-state index is 0.0833. The number of amides is 2. The molecule has 3 N–H and O–H groups in total. The molecule has 1 aromatic carbocycles. The second-order valence-electron chi connectivity index (χ2n) is 6.66. The van der Waals surface area contributed by atoms with Gasteiger partial charge in [0.2, 0.25) is 5.91 Å². The Bertz CT molecular complexity index is 785. The first-order valence-corrected chi connectivity index (χ1v) is 9.01. The quantitative estimate of drug-likeness (QED) is 0.763. The van der Waals surface area contributed by atoms with Gasteiger partial charge in [-0.15, -0.1) is 0 Å². The van der Waals surface area contributed by atoms with Gasteiger partial charge in [0.05, 0.1) is 17.4 Å². The van der Waals surface area contributed by atoms with Crippen LogP contribution in [0.2, 0.25) is 0 Å². The van der Waals surface area contributed by atoms with Gasteiger partial charge >= 0.3 is 0 Å². The molecule has 0 unspecified atom stereocenters. The lowest BCUT2D eigenvalue weighted by atomic mass is 9.95. The highest BCUT2D eigenvalue weighted by atomic mass is 16.2. The summed E-state index contributed by atoms with van der Waals surface area (Å²) in [6, 6.07) is 9.44. The summed E-state index contributed by atoms with van der Waals surface area (Å²) in [6.45, 7) is 1.47. The lowest BCUT2D eigenvalue weighted by Gasteiger charge is -2.22. The minimum Gasteiger partial charge on any atom is -0.354 e. The molecule has 2 amide bonds. The van der Waals surface area contributed by atoms with E-state index in [1.54, 1.807) is 18.5 Å². The molecule has 1 aliphatic carbocycles. The van der Waals surface area contributed by atoms with Crippen LogP contribution in [0.15, 0.2) is 42.7 Å². The molecule has 1 aliphatic rings. The van der Waals surface area contributed by atoms with E-state index < -0.39 is 0 Å². The molecule has 3 rings (SSSR count). The van der Waals surface area contributed by atoms with E-state index in [1.807, 2.05) is 24.3 Å². The first-order chi connectivity index (χ1) is 12.6. The zero-order valence-corrected chi connectivity index (χ0v) is 14.9. The SMILES string of the molecule is CC(=O)Nc1cccc(Nc2cncc(C(=O)NC3CCCCC3)c2)c1. The van der Waals surface area contributed by atoms with Gasteiger partial charge in [0.15, 0.2) is 0 Å². The average Bonchev–Trinajstić information content (AvgIpc) is 2.62. The summed E-state index contributed by atoms with van der Waals surface area (Å²) < 4.78 is 0. The van der Waals surface area contributed by atoms with E-state index in [-0.39, 0.29) is 17.9 Å². The van der Waals surface area contributed by atoms with Crippen LogP contribution in [-0.4, -0.2) is 22.8 Å². The van der Waals surface area contributed by atoms with Crippen molar-refractivity contribution < 1.29 is 9.59 Å². The van der Waals surface area contributed by atoms with E-state index in [4.69, 9.17) is 0 Å². The van der Waals surface area contributed by atoms with Crippen molar-refractivity contribution in [2.75, 3.05) is 10.6 Å². The van der Waals surface area contributed by atoms with Crippen molar-refractivity contribution in [2.24, 2.45) is 0 Å². The topological polar surface area (TPSA) is 83.1 Å². The monoisotopic (exact) mass is 352 g/mol. The fourth-order valence-electron chi connectivity index (χ4n) is 3.19. The Hall–Kier alpha value is -2.89. The summed E-state index contributed by atoms with van der Waals surface area (Å²) in [5, 5.41) is 9.07. The standard InChI is InChI=1S/C20H24N4O2/c1-14(25)22-17-8-5-9-18(11-17)23-19-10-15(12-21-13-19)20(26)24-16-6-3-2-4-7-16/h5,8-13,16,23H,2-4,6-7H2,1H3,(H,22,25)(H,24,26). The lowest BCUT2D eigenvalue weighted by molar-refractivity contribution is -0.114. The Kier molecular flexibility index (Phi) is 5.84. The second-order valence-corrected chi connectivity index (χ2v) is 6.66. The Labute approximate surface area is 153 Å². The van der Waals surface area contributed by atoms with Gasteiger partial charge in [-0.1, -0.05) is 25.3 Å². The summed E-state index contributed by atoms with van der Waals surface area (Å²) in [7, 11) is 0. The van der Waals surface area contributed by atoms with Gasteiger partial charge in [-0.3, -0.25) is 14.6 Å². The van der Waals surface area contributed by atoms with Crippen LogP contribution < -0.4 is 16.0 Å². The number of carbonyl (C=O) groups is 2. The number of nitrogens with one attached hydrogen (secondary N) is 3. The first kappa shape index (κ1) is 17.9. The molecule has 136 valence electrons. The maximum Gasteiger partial charge on any atom is 0.253 e. The third kappa shape index (κ3) is 5.05. The summed E-state index contributed by atoms with van der Waals surface area (Å²) in [5.41, 5.74) is 2.78. The van der Waals surface area contributed by atoms with Crippen LogP contribution in [0.5, 0.6) is 0 Å². The van der Waals surface area contributed by atoms with Gasteiger partial charge in [0.25, 0.3) is 5.91 Å². The Morgan fingerprint density at radius 2 is 1.77 bits per heavy atom. The first-order valence-electron chi connectivity index (χ1n) is 9.01. The van der Waals surface area contributed by atoms with Gasteiger partial charge < -0.3 is 16.0 Å². The minimum atomic E-state index is -0.120. The molecule has 0 bridgehead atoms. The van der Waals surface area contributed by atoms with Crippen molar-refractivity contribution in [3.8, 4) is 0 Å². The van der Waals surface area contributed by atoms with Gasteiger partial charge in [-0.05, 0) is 37.1 Å². The van der Waals surface area contributed by atoms with E-state index in [0.717, 1.165) is 24.2 Å². The Morgan fingerprint density at radius 1 is 1.00 bits per heavy atom. The van der Waals surface area contributed by atoms with Crippen LogP contribution in [0.25, 0.3) is 0 Å². The second kappa shape index (κ2) is 8.47. The summed E-state index contributed by atoms with van der Waals surface area (Å²) in [5.74, 6) is -0.203. The van der Waals surface area contributed by atoms with Crippen molar-refractivity contribution in [1.82, 2.24) is 10.3 Å². The highest BCUT2D eigenvalue weighted by Gasteiger charge is 2.17. The normalized spacial score (nSPS) is 14.5. The largest absolute Gasteiger partial charge is 0.354 e. The molecule has 0 radical (unpaired) electrons. The molecular weight excluding hydrogens is 328 g/mol. The fourth-order valence-corrected chi connectivity index (χ4v) is 3.19. The molecule has 1 aromatic heterocycles. The molecule has 1 fully saturated rings. The third-order valence-electron chi connectivity index (χ3n) is 4.41. The zero-order chi connectivity index (χ0) is 18.4. The van der Waals surface area contributed by atoms with Gasteiger partial charge in [-0.2, -0.15) is 0 Å². The highest BCUT2D eigenvalue weighted by Crippen LogP contribution is 2.21. The molecule has 0 saturated heterocycles. The maximum absolute atomic E-state index is 12.5. The van der Waals surface area contributed by atoms with E-state index in [1.165, 1.54) is 26.2 Å². The fraction of sp³-hybridized carbons (Fsp3) is 0.350. The van der Waals surface area contributed by atoms with Gasteiger partial charge in [0.1, 0.15) is 0 Å². The number of hydrogen-bond donors (Lipinski definition) is 3. The van der Waals surface area contributed by atoms with Gasteiger partial charge in [0, 0.05) is 30.5 Å². The lowest BCUT2D eigenvalue weighted by Crippen LogP contribution is -2.36. The number of anilines is 3. The Morgan fingerprint density at radius 3 is 2.54 bits per heavy atom. The number of aromatic nitrogens is 1. The molecule has 1 saturated carbocycles. The van der Waals surface area contributed by atoms with Crippen molar-refractivity contribution in [2.45, 2.75) is 45.1 Å². The Balaban J connectivity index is 1.67. The molecule has 0 spiro atoms. The molecule has 6 heteroatoms. The summed E-state index contributed by atoms with van der Waals surface area (Å²) in [4.78, 5) is 27.8. The van der Waals surface area contributed by atoms with Crippen LogP contribution >= 0.6 is 0 Å². The van der Waals surface area contributed by atoms with Crippen molar-refractivity contribution in [1.29, 1.82) is 0 Å². The summed E-state index contributed by atoms with van der Waals surface area (Å²) >= 11 is 0.